The lowest BCUT2D eigenvalue weighted by Crippen LogP contribution is -1.95. The summed E-state index contributed by atoms with van der Waals surface area (Å²) < 4.78 is 12.6. The molecule has 0 atom stereocenters. The zero-order valence-corrected chi connectivity index (χ0v) is 17.6. The van der Waals surface area contributed by atoms with Crippen LogP contribution in [-0.2, 0) is 0 Å². The van der Waals surface area contributed by atoms with Gasteiger partial charge in [0, 0.05) is 34.8 Å². The number of aromatic nitrogens is 3. The van der Waals surface area contributed by atoms with E-state index in [2.05, 4.69) is 25.9 Å². The monoisotopic (exact) mass is 457 g/mol. The van der Waals surface area contributed by atoms with Gasteiger partial charge in [0.15, 0.2) is 11.4 Å². The van der Waals surface area contributed by atoms with E-state index in [-0.39, 0.29) is 0 Å². The van der Waals surface area contributed by atoms with E-state index in [0.29, 0.717) is 17.1 Å². The molecular weight excluding hydrogens is 442 g/mol. The fraction of sp³-hybridized carbons (Fsp3) is 0.0417. The van der Waals surface area contributed by atoms with Gasteiger partial charge in [0.25, 0.3) is 0 Å². The average Bonchev–Trinajstić information content (AvgIpc) is 2.79. The summed E-state index contributed by atoms with van der Waals surface area (Å²) in [5.74, 6) is 2.06. The summed E-state index contributed by atoms with van der Waals surface area (Å²) in [7, 11) is 1.63. The number of nitrogens with zero attached hydrogens (tertiary/aromatic N) is 3. The molecule has 0 radical (unpaired) electrons. The van der Waals surface area contributed by atoms with Gasteiger partial charge in [-0.25, -0.2) is 9.97 Å². The van der Waals surface area contributed by atoms with Gasteiger partial charge in [-0.15, -0.1) is 0 Å². The maximum absolute atomic E-state index is 6.42. The molecular formula is C24H16BrN3O2. The Bertz CT molecular complexity index is 1370. The number of hydrogen-bond donors (Lipinski definition) is 0. The molecule has 146 valence electrons. The van der Waals surface area contributed by atoms with E-state index in [0.717, 1.165) is 37.8 Å². The first-order valence-corrected chi connectivity index (χ1v) is 10.1. The summed E-state index contributed by atoms with van der Waals surface area (Å²) in [6.45, 7) is 0. The Morgan fingerprint density at radius 3 is 2.50 bits per heavy atom. The van der Waals surface area contributed by atoms with Crippen molar-refractivity contribution >= 4 is 37.9 Å². The molecule has 0 amide bonds. The average molecular weight is 458 g/mol. The molecule has 0 aliphatic heterocycles. The molecule has 3 heterocycles. The van der Waals surface area contributed by atoms with E-state index < -0.39 is 0 Å². The van der Waals surface area contributed by atoms with Gasteiger partial charge >= 0.3 is 0 Å². The highest BCUT2D eigenvalue weighted by molar-refractivity contribution is 9.10. The van der Waals surface area contributed by atoms with Crippen molar-refractivity contribution in [1.82, 2.24) is 15.0 Å². The highest BCUT2D eigenvalue weighted by atomic mass is 79.9. The van der Waals surface area contributed by atoms with Crippen molar-refractivity contribution in [3.8, 4) is 28.5 Å². The minimum absolute atomic E-state index is 0.654. The SMILES string of the molecule is COc1cc2nccc(Oc3cc4cccnc4nc3-c3ccccc3)c2cc1Br. The maximum atomic E-state index is 6.42. The highest BCUT2D eigenvalue weighted by Gasteiger charge is 2.15. The molecule has 5 nitrogen and oxygen atoms in total. The van der Waals surface area contributed by atoms with Crippen molar-refractivity contribution in [2.45, 2.75) is 0 Å². The summed E-state index contributed by atoms with van der Waals surface area (Å²) in [6.07, 6.45) is 3.47. The van der Waals surface area contributed by atoms with Crippen LogP contribution < -0.4 is 9.47 Å². The molecule has 0 saturated heterocycles. The lowest BCUT2D eigenvalue weighted by atomic mass is 10.1. The first kappa shape index (κ1) is 18.5. The lowest BCUT2D eigenvalue weighted by molar-refractivity contribution is 0.412. The number of halogens is 1. The zero-order chi connectivity index (χ0) is 20.5. The molecule has 3 aromatic heterocycles. The van der Waals surface area contributed by atoms with Crippen LogP contribution in [0.2, 0.25) is 0 Å². The molecule has 0 unspecified atom stereocenters. The number of methoxy groups -OCH3 is 1. The number of benzene rings is 2. The van der Waals surface area contributed by atoms with Gasteiger partial charge in [-0.3, -0.25) is 4.98 Å². The molecule has 0 N–H and O–H groups in total. The summed E-state index contributed by atoms with van der Waals surface area (Å²) in [5, 5.41) is 1.78. The predicted octanol–water partition coefficient (Wildman–Crippen LogP) is 6.41. The number of hydrogen-bond acceptors (Lipinski definition) is 5. The van der Waals surface area contributed by atoms with Gasteiger partial charge in [-0.1, -0.05) is 30.3 Å². The van der Waals surface area contributed by atoms with Crippen LogP contribution in [0.1, 0.15) is 0 Å². The number of fused-ring (bicyclic) bond motifs is 2. The smallest absolute Gasteiger partial charge is 0.160 e. The van der Waals surface area contributed by atoms with Crippen LogP contribution in [0.5, 0.6) is 17.2 Å². The summed E-state index contributed by atoms with van der Waals surface area (Å²) in [4.78, 5) is 13.6. The van der Waals surface area contributed by atoms with Gasteiger partial charge in [-0.2, -0.15) is 0 Å². The van der Waals surface area contributed by atoms with Gasteiger partial charge in [-0.05, 0) is 46.3 Å². The predicted molar refractivity (Wildman–Crippen MR) is 121 cm³/mol. The third-order valence-electron chi connectivity index (χ3n) is 4.80. The molecule has 0 saturated carbocycles. The Balaban J connectivity index is 1.69. The van der Waals surface area contributed by atoms with Crippen molar-refractivity contribution in [2.75, 3.05) is 7.11 Å². The standard InChI is InChI=1S/C24H16BrN3O2/c1-29-21-14-19-17(13-18(21)25)20(9-11-26-19)30-22-12-16-8-5-10-27-24(16)28-23(22)15-6-3-2-4-7-15/h2-14H,1H3. The Morgan fingerprint density at radius 1 is 0.800 bits per heavy atom. The minimum atomic E-state index is 0.654. The molecule has 6 heteroatoms. The quantitative estimate of drug-likeness (QED) is 0.312. The van der Waals surface area contributed by atoms with Crippen molar-refractivity contribution in [3.05, 3.63) is 83.6 Å². The Labute approximate surface area is 181 Å². The fourth-order valence-electron chi connectivity index (χ4n) is 3.35. The van der Waals surface area contributed by atoms with E-state index in [4.69, 9.17) is 14.5 Å². The van der Waals surface area contributed by atoms with Crippen LogP contribution in [0.3, 0.4) is 0 Å². The van der Waals surface area contributed by atoms with Gasteiger partial charge in [0.05, 0.1) is 17.1 Å². The van der Waals surface area contributed by atoms with Crippen LogP contribution >= 0.6 is 15.9 Å². The molecule has 2 aromatic carbocycles. The normalized spacial score (nSPS) is 11.0. The molecule has 0 aliphatic carbocycles. The van der Waals surface area contributed by atoms with Gasteiger partial charge in [0.2, 0.25) is 0 Å². The van der Waals surface area contributed by atoms with Gasteiger partial charge in [0.1, 0.15) is 17.2 Å². The van der Waals surface area contributed by atoms with Crippen LogP contribution in [-0.4, -0.2) is 22.1 Å². The summed E-state index contributed by atoms with van der Waals surface area (Å²) >= 11 is 3.55. The second kappa shape index (κ2) is 7.72. The molecule has 0 aliphatic rings. The van der Waals surface area contributed by atoms with Crippen molar-refractivity contribution < 1.29 is 9.47 Å². The molecule has 5 aromatic rings. The zero-order valence-electron chi connectivity index (χ0n) is 16.0. The second-order valence-corrected chi connectivity index (χ2v) is 7.52. The highest BCUT2D eigenvalue weighted by Crippen LogP contribution is 2.38. The van der Waals surface area contributed by atoms with E-state index in [9.17, 15) is 0 Å². The third kappa shape index (κ3) is 3.35. The maximum Gasteiger partial charge on any atom is 0.160 e. The Morgan fingerprint density at radius 2 is 1.67 bits per heavy atom. The number of ether oxygens (including phenoxy) is 2. The number of rotatable bonds is 4. The molecule has 5 rings (SSSR count). The first-order chi connectivity index (χ1) is 14.7. The fourth-order valence-corrected chi connectivity index (χ4v) is 3.86. The Hall–Kier alpha value is -3.51. The van der Waals surface area contributed by atoms with E-state index in [1.807, 2.05) is 66.7 Å². The van der Waals surface area contributed by atoms with Crippen LogP contribution in [0, 0.1) is 0 Å². The van der Waals surface area contributed by atoms with Crippen molar-refractivity contribution in [1.29, 1.82) is 0 Å². The minimum Gasteiger partial charge on any atom is -0.495 e. The van der Waals surface area contributed by atoms with E-state index in [1.54, 1.807) is 19.5 Å². The van der Waals surface area contributed by atoms with Crippen molar-refractivity contribution in [3.63, 3.8) is 0 Å². The summed E-state index contributed by atoms with van der Waals surface area (Å²) in [5.41, 5.74) is 3.15. The molecule has 0 bridgehead atoms. The molecule has 0 fully saturated rings. The van der Waals surface area contributed by atoms with Crippen molar-refractivity contribution in [2.24, 2.45) is 0 Å². The lowest BCUT2D eigenvalue weighted by Gasteiger charge is -2.14. The largest absolute Gasteiger partial charge is 0.495 e. The topological polar surface area (TPSA) is 57.1 Å². The summed E-state index contributed by atoms with van der Waals surface area (Å²) in [6, 6.07) is 21.5. The van der Waals surface area contributed by atoms with Crippen LogP contribution in [0.25, 0.3) is 33.2 Å². The van der Waals surface area contributed by atoms with Crippen LogP contribution in [0.15, 0.2) is 83.6 Å². The van der Waals surface area contributed by atoms with Gasteiger partial charge < -0.3 is 9.47 Å². The first-order valence-electron chi connectivity index (χ1n) is 9.34. The van der Waals surface area contributed by atoms with E-state index in [1.165, 1.54) is 0 Å². The Kier molecular flexibility index (Phi) is 4.77. The third-order valence-corrected chi connectivity index (χ3v) is 5.42. The molecule has 30 heavy (non-hydrogen) atoms. The molecule has 0 spiro atoms. The second-order valence-electron chi connectivity index (χ2n) is 6.67. The van der Waals surface area contributed by atoms with E-state index >= 15 is 0 Å². The van der Waals surface area contributed by atoms with Crippen LogP contribution in [0.4, 0.5) is 0 Å². The number of pyridine rings is 3.